The molecule has 32 heavy (non-hydrogen) atoms. The first-order chi connectivity index (χ1) is 15.5. The Labute approximate surface area is 196 Å². The number of halogens is 2. The third-order valence-corrected chi connectivity index (χ3v) is 7.18. The van der Waals surface area contributed by atoms with Crippen molar-refractivity contribution in [1.82, 2.24) is 25.3 Å². The molecular weight excluding hydrogens is 495 g/mol. The van der Waals surface area contributed by atoms with Crippen molar-refractivity contribution in [2.45, 2.75) is 18.9 Å². The average molecular weight is 515 g/mol. The molecule has 1 fully saturated rings. The fraction of sp³-hybridized carbons (Fsp3) is 0.273. The lowest BCUT2D eigenvalue weighted by Crippen LogP contribution is -2.49. The summed E-state index contributed by atoms with van der Waals surface area (Å²) in [6.45, 7) is 1.54. The number of rotatable bonds is 4. The van der Waals surface area contributed by atoms with Crippen molar-refractivity contribution in [3.8, 4) is 11.3 Å². The zero-order valence-corrected chi connectivity index (χ0v) is 19.7. The van der Waals surface area contributed by atoms with Gasteiger partial charge in [0.1, 0.15) is 17.3 Å². The molecule has 4 aromatic rings. The van der Waals surface area contributed by atoms with Crippen molar-refractivity contribution in [2.75, 3.05) is 18.0 Å². The van der Waals surface area contributed by atoms with Gasteiger partial charge in [0, 0.05) is 35.4 Å². The number of benzene rings is 1. The average Bonchev–Trinajstić information content (AvgIpc) is 3.39. The van der Waals surface area contributed by atoms with E-state index < -0.39 is 11.7 Å². The first-order valence-corrected chi connectivity index (χ1v) is 11.9. The van der Waals surface area contributed by atoms with Crippen LogP contribution in [-0.2, 0) is 7.05 Å². The molecule has 10 heteroatoms. The highest BCUT2D eigenvalue weighted by Crippen LogP contribution is 2.36. The highest BCUT2D eigenvalue weighted by atomic mass is 79.9. The van der Waals surface area contributed by atoms with Crippen LogP contribution in [0, 0.1) is 5.82 Å². The number of pyridine rings is 1. The maximum Gasteiger partial charge on any atom is 0.262 e. The third-order valence-electron chi connectivity index (χ3n) is 5.58. The van der Waals surface area contributed by atoms with Gasteiger partial charge in [-0.2, -0.15) is 0 Å². The summed E-state index contributed by atoms with van der Waals surface area (Å²) >= 11 is 5.11. The molecule has 0 aliphatic carbocycles. The number of hydrogen-bond acceptors (Lipinski definition) is 6. The number of carbonyl (C=O) groups excluding carboxylic acids is 1. The zero-order valence-electron chi connectivity index (χ0n) is 17.3. The molecular formula is C22H20BrFN6OS. The Balaban J connectivity index is 1.58. The molecule has 1 N–H and O–H groups in total. The van der Waals surface area contributed by atoms with Crippen LogP contribution in [0.25, 0.3) is 21.3 Å². The number of hydrogen-bond donors (Lipinski definition) is 1. The number of aromatic nitrogens is 4. The monoisotopic (exact) mass is 514 g/mol. The molecule has 1 saturated heterocycles. The van der Waals surface area contributed by atoms with Gasteiger partial charge in [-0.05, 0) is 59.6 Å². The standard InChI is InChI=1S/C22H20BrFN6OS/c1-29-12-18(27-28-29)13-4-5-15(17(24)9-13)22(31)30(14-3-2-7-25-11-14)21-16-10-20(23)32-19(16)6-8-26-21/h4-6,8-10,12,14,25H,2-3,7,11H2,1H3. The molecule has 164 valence electrons. The van der Waals surface area contributed by atoms with Crippen molar-refractivity contribution >= 4 is 49.1 Å². The van der Waals surface area contributed by atoms with Gasteiger partial charge in [0.05, 0.1) is 21.6 Å². The van der Waals surface area contributed by atoms with Gasteiger partial charge in [0.15, 0.2) is 0 Å². The summed E-state index contributed by atoms with van der Waals surface area (Å²) in [5.41, 5.74) is 1.13. The summed E-state index contributed by atoms with van der Waals surface area (Å²) in [4.78, 5) is 20.0. The Hall–Kier alpha value is -2.69. The smallest absolute Gasteiger partial charge is 0.262 e. The molecule has 7 nitrogen and oxygen atoms in total. The van der Waals surface area contributed by atoms with E-state index >= 15 is 4.39 Å². The van der Waals surface area contributed by atoms with Gasteiger partial charge in [-0.25, -0.2) is 9.37 Å². The minimum absolute atomic E-state index is 0.0105. The normalized spacial score (nSPS) is 16.4. The van der Waals surface area contributed by atoms with E-state index in [1.54, 1.807) is 46.4 Å². The summed E-state index contributed by atoms with van der Waals surface area (Å²) in [6.07, 6.45) is 5.16. The fourth-order valence-electron chi connectivity index (χ4n) is 4.06. The van der Waals surface area contributed by atoms with Crippen LogP contribution >= 0.6 is 27.3 Å². The molecule has 0 radical (unpaired) electrons. The van der Waals surface area contributed by atoms with Crippen LogP contribution in [0.3, 0.4) is 0 Å². The Morgan fingerprint density at radius 1 is 1.34 bits per heavy atom. The molecule has 1 aromatic carbocycles. The van der Waals surface area contributed by atoms with E-state index in [4.69, 9.17) is 0 Å². The van der Waals surface area contributed by atoms with Crippen molar-refractivity contribution in [2.24, 2.45) is 7.05 Å². The minimum Gasteiger partial charge on any atom is -0.315 e. The van der Waals surface area contributed by atoms with Crippen molar-refractivity contribution in [3.05, 3.63) is 57.9 Å². The molecule has 3 aromatic heterocycles. The van der Waals surface area contributed by atoms with Crippen LogP contribution in [0.4, 0.5) is 10.2 Å². The van der Waals surface area contributed by atoms with E-state index in [0.29, 0.717) is 23.6 Å². The van der Waals surface area contributed by atoms with E-state index in [2.05, 4.69) is 36.5 Å². The van der Waals surface area contributed by atoms with Crippen molar-refractivity contribution in [3.63, 3.8) is 0 Å². The highest BCUT2D eigenvalue weighted by molar-refractivity contribution is 9.11. The first-order valence-electron chi connectivity index (χ1n) is 10.3. The van der Waals surface area contributed by atoms with Gasteiger partial charge in [0.25, 0.3) is 5.91 Å². The van der Waals surface area contributed by atoms with Gasteiger partial charge < -0.3 is 5.32 Å². The second kappa shape index (κ2) is 8.68. The van der Waals surface area contributed by atoms with Crippen LogP contribution < -0.4 is 10.2 Å². The van der Waals surface area contributed by atoms with Crippen molar-refractivity contribution < 1.29 is 9.18 Å². The first kappa shape index (κ1) is 21.2. The van der Waals surface area contributed by atoms with Gasteiger partial charge >= 0.3 is 0 Å². The largest absolute Gasteiger partial charge is 0.315 e. The predicted molar refractivity (Wildman–Crippen MR) is 126 cm³/mol. The number of anilines is 1. The Kier molecular flexibility index (Phi) is 5.75. The highest BCUT2D eigenvalue weighted by Gasteiger charge is 2.31. The Bertz CT molecular complexity index is 1300. The molecule has 5 rings (SSSR count). The quantitative estimate of drug-likeness (QED) is 0.437. The third kappa shape index (κ3) is 3.94. The molecule has 1 amide bonds. The van der Waals surface area contributed by atoms with E-state index in [0.717, 1.165) is 33.3 Å². The Morgan fingerprint density at radius 2 is 2.22 bits per heavy atom. The van der Waals surface area contributed by atoms with Gasteiger partial charge in [-0.1, -0.05) is 11.3 Å². The second-order valence-electron chi connectivity index (χ2n) is 7.74. The number of fused-ring (bicyclic) bond motifs is 1. The summed E-state index contributed by atoms with van der Waals surface area (Å²) in [7, 11) is 1.75. The maximum atomic E-state index is 15.2. The molecule has 4 heterocycles. The van der Waals surface area contributed by atoms with Gasteiger partial charge in [-0.3, -0.25) is 14.4 Å². The Morgan fingerprint density at radius 3 is 2.94 bits per heavy atom. The topological polar surface area (TPSA) is 75.9 Å². The zero-order chi connectivity index (χ0) is 22.2. The lowest BCUT2D eigenvalue weighted by molar-refractivity contribution is 0.0968. The van der Waals surface area contributed by atoms with Crippen LogP contribution in [0.1, 0.15) is 23.2 Å². The van der Waals surface area contributed by atoms with E-state index in [1.807, 2.05) is 12.1 Å². The number of amides is 1. The van der Waals surface area contributed by atoms with E-state index in [1.165, 1.54) is 12.1 Å². The maximum absolute atomic E-state index is 15.2. The second-order valence-corrected chi connectivity index (χ2v) is 10.2. The molecule has 1 aliphatic heterocycles. The molecule has 1 unspecified atom stereocenters. The fourth-order valence-corrected chi connectivity index (χ4v) is 5.58. The molecule has 0 saturated carbocycles. The lowest BCUT2D eigenvalue weighted by atomic mass is 10.0. The van der Waals surface area contributed by atoms with Crippen LogP contribution in [-0.4, -0.2) is 45.0 Å². The number of aryl methyl sites for hydroxylation is 1. The SMILES string of the molecule is Cn1cc(-c2ccc(C(=O)N(c3nccc4sc(Br)cc34)C3CCCNC3)c(F)c2)nn1. The van der Waals surface area contributed by atoms with E-state index in [9.17, 15) is 4.79 Å². The summed E-state index contributed by atoms with van der Waals surface area (Å²) in [5, 5.41) is 12.1. The summed E-state index contributed by atoms with van der Waals surface area (Å²) in [5.74, 6) is -0.435. The number of thiophene rings is 1. The van der Waals surface area contributed by atoms with Crippen molar-refractivity contribution in [1.29, 1.82) is 0 Å². The molecule has 1 atom stereocenters. The number of piperidine rings is 1. The van der Waals surface area contributed by atoms with E-state index in [-0.39, 0.29) is 11.6 Å². The number of carbonyl (C=O) groups is 1. The van der Waals surface area contributed by atoms with Crippen LogP contribution in [0.5, 0.6) is 0 Å². The van der Waals surface area contributed by atoms with Crippen LogP contribution in [0.2, 0.25) is 0 Å². The van der Waals surface area contributed by atoms with Gasteiger partial charge in [0.2, 0.25) is 0 Å². The lowest BCUT2D eigenvalue weighted by Gasteiger charge is -2.34. The minimum atomic E-state index is -0.592. The molecule has 0 bridgehead atoms. The number of nitrogens with one attached hydrogen (secondary N) is 1. The summed E-state index contributed by atoms with van der Waals surface area (Å²) in [6, 6.07) is 8.33. The molecule has 0 spiro atoms. The van der Waals surface area contributed by atoms with Gasteiger partial charge in [-0.15, -0.1) is 16.4 Å². The summed E-state index contributed by atoms with van der Waals surface area (Å²) < 4.78 is 18.7. The molecule has 1 aliphatic rings. The predicted octanol–water partition coefficient (Wildman–Crippen LogP) is 4.39. The van der Waals surface area contributed by atoms with Crippen LogP contribution in [0.15, 0.2) is 46.5 Å². The number of nitrogens with zero attached hydrogens (tertiary/aromatic N) is 5.